The van der Waals surface area contributed by atoms with Crippen LogP contribution in [0.5, 0.6) is 5.88 Å². The fraction of sp³-hybridized carbons (Fsp3) is 0.0370. The molecule has 0 fully saturated rings. The highest BCUT2D eigenvalue weighted by molar-refractivity contribution is 5.89. The largest absolute Gasteiger partial charge is 0.493 e. The first kappa shape index (κ1) is 18.4. The average molecular weight is 417 g/mol. The molecule has 0 aliphatic rings. The first-order chi connectivity index (χ1) is 15.8. The van der Waals surface area contributed by atoms with Crippen LogP contribution in [0, 0.1) is 0 Å². The highest BCUT2D eigenvalue weighted by atomic mass is 16.3. The van der Waals surface area contributed by atoms with Gasteiger partial charge >= 0.3 is 0 Å². The van der Waals surface area contributed by atoms with E-state index in [0.29, 0.717) is 17.8 Å². The highest BCUT2D eigenvalue weighted by Crippen LogP contribution is 2.33. The molecule has 3 aromatic heterocycles. The van der Waals surface area contributed by atoms with Crippen molar-refractivity contribution in [2.45, 2.75) is 6.42 Å². The Hall–Kier alpha value is -4.38. The van der Waals surface area contributed by atoms with Gasteiger partial charge in [-0.05, 0) is 29.0 Å². The Balaban J connectivity index is 1.60. The zero-order valence-corrected chi connectivity index (χ0v) is 17.1. The second kappa shape index (κ2) is 7.39. The quantitative estimate of drug-likeness (QED) is 0.376. The minimum Gasteiger partial charge on any atom is -0.493 e. The van der Waals surface area contributed by atoms with E-state index in [1.807, 2.05) is 60.8 Å². The summed E-state index contributed by atoms with van der Waals surface area (Å²) in [5.74, 6) is 0.838. The molecule has 0 bridgehead atoms. The summed E-state index contributed by atoms with van der Waals surface area (Å²) in [5, 5.41) is 13.3. The Kier molecular flexibility index (Phi) is 4.25. The highest BCUT2D eigenvalue weighted by Gasteiger charge is 2.19. The molecule has 6 aromatic rings. The van der Waals surface area contributed by atoms with E-state index < -0.39 is 0 Å². The molecule has 6 rings (SSSR count). The number of benzene rings is 3. The molecule has 5 heteroatoms. The molecule has 0 saturated carbocycles. The molecular formula is C27H19N3O2. The third kappa shape index (κ3) is 3.11. The normalized spacial score (nSPS) is 11.4. The van der Waals surface area contributed by atoms with Crippen molar-refractivity contribution in [3.63, 3.8) is 0 Å². The van der Waals surface area contributed by atoms with E-state index in [1.165, 1.54) is 0 Å². The van der Waals surface area contributed by atoms with E-state index in [1.54, 1.807) is 10.7 Å². The summed E-state index contributed by atoms with van der Waals surface area (Å²) in [7, 11) is 0. The topological polar surface area (TPSA) is 63.6 Å². The predicted molar refractivity (Wildman–Crippen MR) is 125 cm³/mol. The number of fused-ring (bicyclic) bond motifs is 2. The molecule has 1 N–H and O–H groups in total. The first-order valence-electron chi connectivity index (χ1n) is 10.4. The van der Waals surface area contributed by atoms with Crippen LogP contribution in [0.15, 0.2) is 102 Å². The summed E-state index contributed by atoms with van der Waals surface area (Å²) < 4.78 is 7.19. The van der Waals surface area contributed by atoms with Gasteiger partial charge in [0.1, 0.15) is 17.1 Å². The molecule has 154 valence electrons. The fourth-order valence-electron chi connectivity index (χ4n) is 4.06. The van der Waals surface area contributed by atoms with Crippen LogP contribution in [0.1, 0.15) is 11.5 Å². The molecule has 0 radical (unpaired) electrons. The van der Waals surface area contributed by atoms with E-state index in [-0.39, 0.29) is 5.88 Å². The summed E-state index contributed by atoms with van der Waals surface area (Å²) >= 11 is 0. The van der Waals surface area contributed by atoms with E-state index in [9.17, 15) is 5.11 Å². The van der Waals surface area contributed by atoms with Crippen molar-refractivity contribution in [2.24, 2.45) is 0 Å². The minimum atomic E-state index is 0.0954. The van der Waals surface area contributed by atoms with Gasteiger partial charge in [-0.15, -0.1) is 0 Å². The number of hydrogen-bond donors (Lipinski definition) is 1. The van der Waals surface area contributed by atoms with Crippen LogP contribution in [0.4, 0.5) is 0 Å². The molecular weight excluding hydrogens is 398 g/mol. The van der Waals surface area contributed by atoms with Crippen LogP contribution < -0.4 is 0 Å². The number of rotatable bonds is 4. The molecule has 0 spiro atoms. The summed E-state index contributed by atoms with van der Waals surface area (Å²) in [6.07, 6.45) is 3.86. The van der Waals surface area contributed by atoms with Gasteiger partial charge in [-0.3, -0.25) is 4.40 Å². The number of furan rings is 1. The van der Waals surface area contributed by atoms with Gasteiger partial charge in [0.15, 0.2) is 5.65 Å². The number of nitrogens with zero attached hydrogens (tertiary/aromatic N) is 3. The van der Waals surface area contributed by atoms with Crippen LogP contribution in [0.3, 0.4) is 0 Å². The Bertz CT molecular complexity index is 1550. The number of aromatic hydroxyl groups is 1. The van der Waals surface area contributed by atoms with Gasteiger partial charge in [0.05, 0.1) is 18.4 Å². The number of imidazole rings is 1. The molecule has 0 atom stereocenters. The average Bonchev–Trinajstić information content (AvgIpc) is 3.47. The predicted octanol–water partition coefficient (Wildman–Crippen LogP) is 6.11. The van der Waals surface area contributed by atoms with Gasteiger partial charge in [-0.2, -0.15) is 0 Å². The lowest BCUT2D eigenvalue weighted by Gasteiger charge is -2.09. The monoisotopic (exact) mass is 417 g/mol. The zero-order valence-electron chi connectivity index (χ0n) is 17.1. The second-order valence-electron chi connectivity index (χ2n) is 7.73. The van der Waals surface area contributed by atoms with E-state index in [4.69, 9.17) is 14.4 Å². The third-order valence-electron chi connectivity index (χ3n) is 5.67. The third-order valence-corrected chi connectivity index (χ3v) is 5.67. The Morgan fingerprint density at radius 3 is 2.41 bits per heavy atom. The summed E-state index contributed by atoms with van der Waals surface area (Å²) in [6.45, 7) is 0. The molecule has 32 heavy (non-hydrogen) atoms. The van der Waals surface area contributed by atoms with E-state index in [0.717, 1.165) is 39.0 Å². The van der Waals surface area contributed by atoms with Crippen molar-refractivity contribution in [1.29, 1.82) is 0 Å². The van der Waals surface area contributed by atoms with Crippen molar-refractivity contribution in [3.05, 3.63) is 109 Å². The summed E-state index contributed by atoms with van der Waals surface area (Å²) in [4.78, 5) is 9.75. The maximum atomic E-state index is 11.0. The molecule has 3 aromatic carbocycles. The lowest BCUT2D eigenvalue weighted by atomic mass is 10.0. The molecule has 0 unspecified atom stereocenters. The first-order valence-corrected chi connectivity index (χ1v) is 10.4. The summed E-state index contributed by atoms with van der Waals surface area (Å²) in [6, 6.07) is 28.1. The van der Waals surface area contributed by atoms with Crippen molar-refractivity contribution < 1.29 is 9.52 Å². The maximum Gasteiger partial charge on any atom is 0.219 e. The van der Waals surface area contributed by atoms with Crippen LogP contribution in [-0.2, 0) is 6.42 Å². The lowest BCUT2D eigenvalue weighted by molar-refractivity contribution is 0.438. The molecule has 0 aliphatic carbocycles. The Morgan fingerprint density at radius 1 is 0.781 bits per heavy atom. The van der Waals surface area contributed by atoms with Gasteiger partial charge in [-0.25, -0.2) is 9.97 Å². The van der Waals surface area contributed by atoms with Gasteiger partial charge in [0.2, 0.25) is 5.88 Å². The van der Waals surface area contributed by atoms with Crippen molar-refractivity contribution in [3.8, 4) is 28.4 Å². The van der Waals surface area contributed by atoms with Crippen LogP contribution in [-0.4, -0.2) is 19.5 Å². The molecule has 0 saturated heterocycles. The zero-order chi connectivity index (χ0) is 21.5. The number of hydrogen-bond acceptors (Lipinski definition) is 4. The Labute approximate surface area is 184 Å². The van der Waals surface area contributed by atoms with E-state index in [2.05, 4.69) is 30.3 Å². The van der Waals surface area contributed by atoms with Crippen molar-refractivity contribution in [1.82, 2.24) is 14.4 Å². The number of aromatic nitrogens is 3. The van der Waals surface area contributed by atoms with Gasteiger partial charge < -0.3 is 9.52 Å². The van der Waals surface area contributed by atoms with Crippen molar-refractivity contribution in [2.75, 3.05) is 0 Å². The molecule has 5 nitrogen and oxygen atoms in total. The van der Waals surface area contributed by atoms with Crippen LogP contribution >= 0.6 is 0 Å². The Morgan fingerprint density at radius 2 is 1.59 bits per heavy atom. The van der Waals surface area contributed by atoms with Crippen LogP contribution in [0.25, 0.3) is 38.9 Å². The van der Waals surface area contributed by atoms with Gasteiger partial charge in [0.25, 0.3) is 0 Å². The SMILES string of the molecule is Oc1c(Cc2ccco2)nc2c(-c3ccc4ccccc4c3)nc(-c3ccccc3)cn12. The molecule has 3 heterocycles. The van der Waals surface area contributed by atoms with E-state index >= 15 is 0 Å². The second-order valence-corrected chi connectivity index (χ2v) is 7.73. The maximum absolute atomic E-state index is 11.0. The lowest BCUT2D eigenvalue weighted by Crippen LogP contribution is -1.96. The summed E-state index contributed by atoms with van der Waals surface area (Å²) in [5.41, 5.74) is 4.56. The van der Waals surface area contributed by atoms with Gasteiger partial charge in [-0.1, -0.05) is 66.7 Å². The van der Waals surface area contributed by atoms with Crippen LogP contribution in [0.2, 0.25) is 0 Å². The minimum absolute atomic E-state index is 0.0954. The molecule has 0 amide bonds. The van der Waals surface area contributed by atoms with Crippen molar-refractivity contribution >= 4 is 16.4 Å². The van der Waals surface area contributed by atoms with Gasteiger partial charge in [0, 0.05) is 17.3 Å². The standard InChI is InChI=1S/C27H19N3O2/c31-27-23(16-22-11-6-14-32-22)29-26-25(21-13-12-18-7-4-5-10-20(18)15-21)28-24(17-30(26)27)19-8-2-1-3-9-19/h1-15,17,31H,16H2. The smallest absolute Gasteiger partial charge is 0.219 e. The molecule has 0 aliphatic heterocycles. The fourth-order valence-corrected chi connectivity index (χ4v) is 4.06.